The van der Waals surface area contributed by atoms with Crippen molar-refractivity contribution < 1.29 is 9.53 Å². The van der Waals surface area contributed by atoms with Gasteiger partial charge in [0.15, 0.2) is 0 Å². The number of carbonyl (C=O) groups is 1. The van der Waals surface area contributed by atoms with Gasteiger partial charge in [-0.2, -0.15) is 0 Å². The van der Waals surface area contributed by atoms with Crippen LogP contribution in [0.15, 0.2) is 29.3 Å². The maximum atomic E-state index is 12.2. The SMILES string of the molecule is CCc1ncc(C2CCC(N3CCN(c4ccc(C(=O)NC5COC5)nc4)CC3)C2)[nH]c1=O. The third-order valence-corrected chi connectivity index (χ3v) is 7.21. The van der Waals surface area contributed by atoms with Gasteiger partial charge in [-0.25, -0.2) is 4.98 Å². The number of ether oxygens (including phenoxy) is 1. The molecule has 176 valence electrons. The first-order valence-corrected chi connectivity index (χ1v) is 12.0. The topological polar surface area (TPSA) is 103 Å². The summed E-state index contributed by atoms with van der Waals surface area (Å²) in [6.45, 7) is 7.01. The van der Waals surface area contributed by atoms with Crippen LogP contribution in [0.3, 0.4) is 0 Å². The molecule has 33 heavy (non-hydrogen) atoms. The van der Waals surface area contributed by atoms with Crippen LogP contribution >= 0.6 is 0 Å². The highest BCUT2D eigenvalue weighted by Gasteiger charge is 2.32. The average molecular weight is 453 g/mol. The van der Waals surface area contributed by atoms with E-state index in [0.29, 0.717) is 43.0 Å². The highest BCUT2D eigenvalue weighted by atomic mass is 16.5. The fraction of sp³-hybridized carbons (Fsp3) is 0.583. The van der Waals surface area contributed by atoms with Crippen LogP contribution in [0, 0.1) is 0 Å². The lowest BCUT2D eigenvalue weighted by Crippen LogP contribution is -2.50. The molecule has 3 fully saturated rings. The zero-order valence-electron chi connectivity index (χ0n) is 19.1. The summed E-state index contributed by atoms with van der Waals surface area (Å²) in [6, 6.07) is 4.45. The number of piperazine rings is 1. The van der Waals surface area contributed by atoms with Crippen LogP contribution in [0.25, 0.3) is 0 Å². The Balaban J connectivity index is 1.12. The summed E-state index contributed by atoms with van der Waals surface area (Å²) in [6.07, 6.45) is 7.64. The average Bonchev–Trinajstić information content (AvgIpc) is 3.32. The molecule has 2 N–H and O–H groups in total. The maximum absolute atomic E-state index is 12.2. The number of anilines is 1. The molecule has 2 aromatic rings. The number of pyridine rings is 1. The fourth-order valence-electron chi connectivity index (χ4n) is 5.10. The van der Waals surface area contributed by atoms with Gasteiger partial charge in [0.25, 0.3) is 11.5 Å². The van der Waals surface area contributed by atoms with E-state index in [2.05, 4.69) is 30.1 Å². The molecular formula is C24H32N6O3. The molecule has 2 atom stereocenters. The van der Waals surface area contributed by atoms with Crippen molar-refractivity contribution in [1.29, 1.82) is 0 Å². The van der Waals surface area contributed by atoms with Crippen LogP contribution in [0.1, 0.15) is 54.0 Å². The predicted octanol–water partition coefficient (Wildman–Crippen LogP) is 1.31. The lowest BCUT2D eigenvalue weighted by atomic mass is 10.0. The Morgan fingerprint density at radius 3 is 2.61 bits per heavy atom. The molecule has 0 bridgehead atoms. The first-order valence-electron chi connectivity index (χ1n) is 12.0. The fourth-order valence-corrected chi connectivity index (χ4v) is 5.10. The van der Waals surface area contributed by atoms with Crippen molar-refractivity contribution in [2.45, 2.75) is 50.6 Å². The molecule has 0 radical (unpaired) electrons. The van der Waals surface area contributed by atoms with Gasteiger partial charge in [0, 0.05) is 50.0 Å². The van der Waals surface area contributed by atoms with Crippen molar-refractivity contribution >= 4 is 11.6 Å². The number of hydrogen-bond acceptors (Lipinski definition) is 7. The summed E-state index contributed by atoms with van der Waals surface area (Å²) in [5, 5.41) is 2.92. The van der Waals surface area contributed by atoms with Gasteiger partial charge in [0.1, 0.15) is 11.4 Å². The number of carbonyl (C=O) groups excluding carboxylic acids is 1. The quantitative estimate of drug-likeness (QED) is 0.681. The van der Waals surface area contributed by atoms with E-state index in [1.807, 2.05) is 19.2 Å². The maximum Gasteiger partial charge on any atom is 0.270 e. The summed E-state index contributed by atoms with van der Waals surface area (Å²) >= 11 is 0. The number of nitrogens with zero attached hydrogens (tertiary/aromatic N) is 4. The van der Waals surface area contributed by atoms with Gasteiger partial charge in [-0.3, -0.25) is 19.5 Å². The Kier molecular flexibility index (Phi) is 6.41. The molecule has 2 saturated heterocycles. The van der Waals surface area contributed by atoms with Crippen LogP contribution in [-0.4, -0.2) is 77.2 Å². The van der Waals surface area contributed by atoms with E-state index < -0.39 is 0 Å². The highest BCUT2D eigenvalue weighted by Crippen LogP contribution is 2.36. The Labute approximate surface area is 193 Å². The molecule has 2 aliphatic heterocycles. The molecule has 9 heteroatoms. The Morgan fingerprint density at radius 2 is 1.97 bits per heavy atom. The highest BCUT2D eigenvalue weighted by molar-refractivity contribution is 5.92. The van der Waals surface area contributed by atoms with Crippen LogP contribution in [0.5, 0.6) is 0 Å². The summed E-state index contributed by atoms with van der Waals surface area (Å²) in [4.78, 5) is 41.1. The lowest BCUT2D eigenvalue weighted by molar-refractivity contribution is -0.00354. The van der Waals surface area contributed by atoms with Crippen LogP contribution in [0.2, 0.25) is 0 Å². The second-order valence-corrected chi connectivity index (χ2v) is 9.26. The summed E-state index contributed by atoms with van der Waals surface area (Å²) in [7, 11) is 0. The van der Waals surface area contributed by atoms with Gasteiger partial charge in [-0.1, -0.05) is 6.92 Å². The van der Waals surface area contributed by atoms with E-state index in [0.717, 1.165) is 56.8 Å². The molecule has 1 aliphatic carbocycles. The van der Waals surface area contributed by atoms with Gasteiger partial charge in [-0.15, -0.1) is 0 Å². The molecule has 2 unspecified atom stereocenters. The minimum atomic E-state index is -0.142. The molecule has 4 heterocycles. The van der Waals surface area contributed by atoms with E-state index in [9.17, 15) is 9.59 Å². The number of aromatic amines is 1. The van der Waals surface area contributed by atoms with Gasteiger partial charge in [-0.05, 0) is 37.8 Å². The second-order valence-electron chi connectivity index (χ2n) is 9.26. The molecule has 5 rings (SSSR count). The van der Waals surface area contributed by atoms with Gasteiger partial charge in [0.05, 0.1) is 31.1 Å². The molecular weight excluding hydrogens is 420 g/mol. The number of aryl methyl sites for hydroxylation is 1. The molecule has 0 spiro atoms. The Morgan fingerprint density at radius 1 is 1.15 bits per heavy atom. The number of aromatic nitrogens is 3. The predicted molar refractivity (Wildman–Crippen MR) is 125 cm³/mol. The lowest BCUT2D eigenvalue weighted by Gasteiger charge is -2.39. The third kappa shape index (κ3) is 4.79. The molecule has 9 nitrogen and oxygen atoms in total. The van der Waals surface area contributed by atoms with Gasteiger partial charge in [0.2, 0.25) is 0 Å². The van der Waals surface area contributed by atoms with Crippen LogP contribution in [-0.2, 0) is 11.2 Å². The molecule has 1 amide bonds. The number of H-pyrrole nitrogens is 1. The number of amides is 1. The normalized spacial score (nSPS) is 24.0. The standard InChI is InChI=1S/C24H32N6O3/c1-2-20-23(31)28-22(13-26-20)16-3-4-18(11-16)29-7-9-30(10-8-29)19-5-6-21(25-12-19)24(32)27-17-14-33-15-17/h5-6,12-13,16-18H,2-4,7-11,14-15H2,1H3,(H,27,32)(H,28,31). The van der Waals surface area contributed by atoms with Crippen LogP contribution in [0.4, 0.5) is 5.69 Å². The van der Waals surface area contributed by atoms with Crippen molar-refractivity contribution in [2.24, 2.45) is 0 Å². The Bertz CT molecular complexity index is 1030. The van der Waals surface area contributed by atoms with Crippen molar-refractivity contribution in [2.75, 3.05) is 44.3 Å². The Hall–Kier alpha value is -2.78. The van der Waals surface area contributed by atoms with Gasteiger partial charge < -0.3 is 19.9 Å². The summed E-state index contributed by atoms with van der Waals surface area (Å²) in [5.41, 5.74) is 3.06. The smallest absolute Gasteiger partial charge is 0.270 e. The minimum absolute atomic E-state index is 0.0405. The molecule has 3 aliphatic rings. The van der Waals surface area contributed by atoms with E-state index in [-0.39, 0.29) is 17.5 Å². The minimum Gasteiger partial charge on any atom is -0.377 e. The monoisotopic (exact) mass is 452 g/mol. The van der Waals surface area contributed by atoms with Gasteiger partial charge >= 0.3 is 0 Å². The van der Waals surface area contributed by atoms with Crippen molar-refractivity contribution in [3.63, 3.8) is 0 Å². The molecule has 1 saturated carbocycles. The number of rotatable bonds is 6. The van der Waals surface area contributed by atoms with Crippen molar-refractivity contribution in [1.82, 2.24) is 25.2 Å². The van der Waals surface area contributed by atoms with Crippen molar-refractivity contribution in [3.05, 3.63) is 52.0 Å². The first-order chi connectivity index (χ1) is 16.1. The number of hydrogen-bond donors (Lipinski definition) is 2. The van der Waals surface area contributed by atoms with E-state index in [4.69, 9.17) is 4.74 Å². The number of nitrogens with one attached hydrogen (secondary N) is 2. The van der Waals surface area contributed by atoms with E-state index >= 15 is 0 Å². The third-order valence-electron chi connectivity index (χ3n) is 7.21. The van der Waals surface area contributed by atoms with Crippen LogP contribution < -0.4 is 15.8 Å². The first kappa shape index (κ1) is 22.0. The van der Waals surface area contributed by atoms with E-state index in [1.54, 1.807) is 12.3 Å². The summed E-state index contributed by atoms with van der Waals surface area (Å²) < 4.78 is 5.09. The second kappa shape index (κ2) is 9.61. The van der Waals surface area contributed by atoms with E-state index in [1.165, 1.54) is 0 Å². The zero-order chi connectivity index (χ0) is 22.8. The van der Waals surface area contributed by atoms with Crippen molar-refractivity contribution in [3.8, 4) is 0 Å². The summed E-state index contributed by atoms with van der Waals surface area (Å²) in [5.74, 6) is 0.241. The molecule has 0 aromatic carbocycles. The molecule has 2 aromatic heterocycles. The zero-order valence-corrected chi connectivity index (χ0v) is 19.1. The largest absolute Gasteiger partial charge is 0.377 e.